The summed E-state index contributed by atoms with van der Waals surface area (Å²) in [6, 6.07) is 15.7. The van der Waals surface area contributed by atoms with Crippen LogP contribution in [0, 0.1) is 0 Å². The molecule has 0 aromatic heterocycles. The van der Waals surface area contributed by atoms with E-state index < -0.39 is 0 Å². The van der Waals surface area contributed by atoms with Crippen molar-refractivity contribution in [2.24, 2.45) is 5.73 Å². The number of rotatable bonds is 5. The van der Waals surface area contributed by atoms with Gasteiger partial charge in [-0.15, -0.1) is 0 Å². The number of nitrogens with one attached hydrogen (secondary N) is 1. The molecule has 0 spiro atoms. The minimum atomic E-state index is -0.0582. The van der Waals surface area contributed by atoms with Crippen LogP contribution in [-0.4, -0.2) is 5.91 Å². The number of amides is 1. The highest BCUT2D eigenvalue weighted by Crippen LogP contribution is 2.15. The SMILES string of the molecule is CC(C)c1ccc(C(=O)NCc2ccccc2CN)cc1. The Bertz CT molecular complexity index is 603. The van der Waals surface area contributed by atoms with E-state index in [2.05, 4.69) is 19.2 Å². The lowest BCUT2D eigenvalue weighted by molar-refractivity contribution is 0.0951. The maximum Gasteiger partial charge on any atom is 0.251 e. The van der Waals surface area contributed by atoms with E-state index in [0.717, 1.165) is 11.1 Å². The van der Waals surface area contributed by atoms with Gasteiger partial charge in [-0.1, -0.05) is 50.2 Å². The van der Waals surface area contributed by atoms with Crippen molar-refractivity contribution in [2.75, 3.05) is 0 Å². The molecule has 0 aliphatic carbocycles. The molecular weight excluding hydrogens is 260 g/mol. The van der Waals surface area contributed by atoms with E-state index in [9.17, 15) is 4.79 Å². The van der Waals surface area contributed by atoms with E-state index in [1.54, 1.807) is 0 Å². The summed E-state index contributed by atoms with van der Waals surface area (Å²) in [6.07, 6.45) is 0. The molecule has 3 N–H and O–H groups in total. The van der Waals surface area contributed by atoms with Gasteiger partial charge < -0.3 is 11.1 Å². The zero-order chi connectivity index (χ0) is 15.2. The van der Waals surface area contributed by atoms with Gasteiger partial charge >= 0.3 is 0 Å². The van der Waals surface area contributed by atoms with Crippen LogP contribution in [0.2, 0.25) is 0 Å². The third-order valence-corrected chi connectivity index (χ3v) is 3.62. The molecule has 0 saturated heterocycles. The molecule has 0 radical (unpaired) electrons. The third kappa shape index (κ3) is 3.92. The molecule has 0 heterocycles. The fourth-order valence-electron chi connectivity index (χ4n) is 2.23. The van der Waals surface area contributed by atoms with Crippen molar-refractivity contribution in [1.29, 1.82) is 0 Å². The van der Waals surface area contributed by atoms with Crippen molar-refractivity contribution >= 4 is 5.91 Å². The van der Waals surface area contributed by atoms with Crippen molar-refractivity contribution in [1.82, 2.24) is 5.32 Å². The number of nitrogens with two attached hydrogens (primary N) is 1. The molecule has 110 valence electrons. The van der Waals surface area contributed by atoms with Gasteiger partial charge in [-0.25, -0.2) is 0 Å². The van der Waals surface area contributed by atoms with Crippen LogP contribution in [0.4, 0.5) is 0 Å². The molecule has 0 saturated carbocycles. The van der Waals surface area contributed by atoms with E-state index in [1.165, 1.54) is 5.56 Å². The van der Waals surface area contributed by atoms with Gasteiger partial charge in [0.2, 0.25) is 0 Å². The Labute approximate surface area is 126 Å². The molecule has 3 nitrogen and oxygen atoms in total. The number of benzene rings is 2. The van der Waals surface area contributed by atoms with E-state index in [4.69, 9.17) is 5.73 Å². The first-order valence-corrected chi connectivity index (χ1v) is 7.27. The summed E-state index contributed by atoms with van der Waals surface area (Å²) in [5.41, 5.74) is 9.75. The Balaban J connectivity index is 2.01. The molecule has 0 aliphatic rings. The Morgan fingerprint density at radius 3 is 2.24 bits per heavy atom. The molecule has 0 unspecified atom stereocenters. The minimum Gasteiger partial charge on any atom is -0.348 e. The number of hydrogen-bond donors (Lipinski definition) is 2. The van der Waals surface area contributed by atoms with E-state index in [-0.39, 0.29) is 5.91 Å². The van der Waals surface area contributed by atoms with Crippen molar-refractivity contribution < 1.29 is 4.79 Å². The van der Waals surface area contributed by atoms with Gasteiger partial charge in [0.1, 0.15) is 0 Å². The van der Waals surface area contributed by atoms with Crippen molar-refractivity contribution in [3.8, 4) is 0 Å². The zero-order valence-corrected chi connectivity index (χ0v) is 12.6. The van der Waals surface area contributed by atoms with Crippen molar-refractivity contribution in [2.45, 2.75) is 32.9 Å². The lowest BCUT2D eigenvalue weighted by atomic mass is 10.0. The lowest BCUT2D eigenvalue weighted by Crippen LogP contribution is -2.23. The zero-order valence-electron chi connectivity index (χ0n) is 12.6. The maximum absolute atomic E-state index is 12.2. The largest absolute Gasteiger partial charge is 0.348 e. The Morgan fingerprint density at radius 1 is 1.05 bits per heavy atom. The number of carbonyl (C=O) groups excluding carboxylic acids is 1. The molecule has 0 bridgehead atoms. The Kier molecular flexibility index (Phi) is 5.12. The van der Waals surface area contributed by atoms with Crippen LogP contribution in [0.5, 0.6) is 0 Å². The first-order chi connectivity index (χ1) is 10.1. The van der Waals surface area contributed by atoms with Gasteiger partial charge in [0, 0.05) is 18.7 Å². The topological polar surface area (TPSA) is 55.1 Å². The Hall–Kier alpha value is -2.13. The molecule has 1 amide bonds. The molecule has 2 rings (SSSR count). The highest BCUT2D eigenvalue weighted by molar-refractivity contribution is 5.94. The molecule has 2 aromatic carbocycles. The van der Waals surface area contributed by atoms with Gasteiger partial charge in [0.05, 0.1) is 0 Å². The predicted molar refractivity (Wildman–Crippen MR) is 86.0 cm³/mol. The van der Waals surface area contributed by atoms with E-state index in [0.29, 0.717) is 24.6 Å². The molecule has 3 heteroatoms. The van der Waals surface area contributed by atoms with Crippen molar-refractivity contribution in [3.05, 3.63) is 70.8 Å². The fraction of sp³-hybridized carbons (Fsp3) is 0.278. The second kappa shape index (κ2) is 7.04. The van der Waals surface area contributed by atoms with Crippen molar-refractivity contribution in [3.63, 3.8) is 0 Å². The second-order valence-corrected chi connectivity index (χ2v) is 5.43. The van der Waals surface area contributed by atoms with Crippen LogP contribution in [0.25, 0.3) is 0 Å². The molecule has 2 aromatic rings. The first kappa shape index (κ1) is 15.3. The second-order valence-electron chi connectivity index (χ2n) is 5.43. The summed E-state index contributed by atoms with van der Waals surface area (Å²) in [4.78, 5) is 12.2. The van der Waals surface area contributed by atoms with E-state index >= 15 is 0 Å². The summed E-state index contributed by atoms with van der Waals surface area (Å²) >= 11 is 0. The smallest absolute Gasteiger partial charge is 0.251 e. The quantitative estimate of drug-likeness (QED) is 0.885. The van der Waals surface area contributed by atoms with Gasteiger partial charge in [-0.2, -0.15) is 0 Å². The summed E-state index contributed by atoms with van der Waals surface area (Å²) in [7, 11) is 0. The monoisotopic (exact) mass is 282 g/mol. The third-order valence-electron chi connectivity index (χ3n) is 3.62. The van der Waals surface area contributed by atoms with Crippen LogP contribution in [0.15, 0.2) is 48.5 Å². The van der Waals surface area contributed by atoms with Crippen LogP contribution < -0.4 is 11.1 Å². The number of hydrogen-bond acceptors (Lipinski definition) is 2. The summed E-state index contributed by atoms with van der Waals surface area (Å²) in [6.45, 7) is 5.25. The molecular formula is C18H22N2O. The minimum absolute atomic E-state index is 0.0582. The van der Waals surface area contributed by atoms with Crippen LogP contribution in [-0.2, 0) is 13.1 Å². The molecule has 21 heavy (non-hydrogen) atoms. The average Bonchev–Trinajstić information content (AvgIpc) is 2.52. The summed E-state index contributed by atoms with van der Waals surface area (Å²) < 4.78 is 0. The molecule has 0 aliphatic heterocycles. The highest BCUT2D eigenvalue weighted by atomic mass is 16.1. The summed E-state index contributed by atoms with van der Waals surface area (Å²) in [5.74, 6) is 0.413. The van der Waals surface area contributed by atoms with Gasteiger partial charge in [-0.3, -0.25) is 4.79 Å². The first-order valence-electron chi connectivity index (χ1n) is 7.27. The van der Waals surface area contributed by atoms with Crippen LogP contribution in [0.3, 0.4) is 0 Å². The lowest BCUT2D eigenvalue weighted by Gasteiger charge is -2.10. The van der Waals surface area contributed by atoms with E-state index in [1.807, 2.05) is 48.5 Å². The highest BCUT2D eigenvalue weighted by Gasteiger charge is 2.07. The maximum atomic E-state index is 12.2. The number of carbonyl (C=O) groups is 1. The van der Waals surface area contributed by atoms with Gasteiger partial charge in [0.25, 0.3) is 5.91 Å². The summed E-state index contributed by atoms with van der Waals surface area (Å²) in [5, 5.41) is 2.94. The van der Waals surface area contributed by atoms with Crippen LogP contribution in [0.1, 0.15) is 46.8 Å². The fourth-order valence-corrected chi connectivity index (χ4v) is 2.23. The molecule has 0 atom stereocenters. The molecule has 0 fully saturated rings. The van der Waals surface area contributed by atoms with Gasteiger partial charge in [0.15, 0.2) is 0 Å². The normalized spacial score (nSPS) is 10.7. The Morgan fingerprint density at radius 2 is 1.67 bits per heavy atom. The van der Waals surface area contributed by atoms with Crippen LogP contribution >= 0.6 is 0 Å². The predicted octanol–water partition coefficient (Wildman–Crippen LogP) is 3.20. The standard InChI is InChI=1S/C18H22N2O/c1-13(2)14-7-9-15(10-8-14)18(21)20-12-17-6-4-3-5-16(17)11-19/h3-10,13H,11-12,19H2,1-2H3,(H,20,21). The average molecular weight is 282 g/mol. The van der Waals surface area contributed by atoms with Gasteiger partial charge in [-0.05, 0) is 34.7 Å².